The Hall–Kier alpha value is -1.77. The smallest absolute Gasteiger partial charge is 0.290 e. The largest absolute Gasteiger partial charge is 0.503 e. The van der Waals surface area contributed by atoms with Gasteiger partial charge in [0.15, 0.2) is 5.75 Å². The van der Waals surface area contributed by atoms with Crippen molar-refractivity contribution in [1.82, 2.24) is 4.98 Å². The number of pyridine rings is 1. The van der Waals surface area contributed by atoms with Crippen molar-refractivity contribution in [3.05, 3.63) is 39.7 Å². The summed E-state index contributed by atoms with van der Waals surface area (Å²) in [5.41, 5.74) is 2.47. The third-order valence-electron chi connectivity index (χ3n) is 2.27. The highest BCUT2D eigenvalue weighted by Gasteiger charge is 2.03. The topological polar surface area (TPSA) is 53.1 Å². The lowest BCUT2D eigenvalue weighted by Crippen LogP contribution is -2.05. The van der Waals surface area contributed by atoms with Crippen molar-refractivity contribution >= 4 is 10.9 Å². The van der Waals surface area contributed by atoms with Gasteiger partial charge >= 0.3 is 0 Å². The van der Waals surface area contributed by atoms with Gasteiger partial charge in [0.1, 0.15) is 0 Å². The average Bonchev–Trinajstić information content (AvgIpc) is 2.08. The summed E-state index contributed by atoms with van der Waals surface area (Å²) in [6.45, 7) is 3.91. The van der Waals surface area contributed by atoms with Crippen LogP contribution in [0.4, 0.5) is 0 Å². The predicted molar refractivity (Wildman–Crippen MR) is 55.7 cm³/mol. The molecule has 0 saturated carbocycles. The first-order valence-electron chi connectivity index (χ1n) is 4.41. The maximum absolute atomic E-state index is 11.2. The molecule has 2 rings (SSSR count). The van der Waals surface area contributed by atoms with Crippen LogP contribution in [0.3, 0.4) is 0 Å². The zero-order valence-corrected chi connectivity index (χ0v) is 8.09. The van der Waals surface area contributed by atoms with Gasteiger partial charge in [0.25, 0.3) is 5.56 Å². The van der Waals surface area contributed by atoms with Gasteiger partial charge in [-0.25, -0.2) is 0 Å². The molecule has 0 aliphatic rings. The fraction of sp³-hybridized carbons (Fsp3) is 0.182. The second kappa shape index (κ2) is 2.87. The molecule has 14 heavy (non-hydrogen) atoms. The van der Waals surface area contributed by atoms with Crippen molar-refractivity contribution in [2.75, 3.05) is 0 Å². The molecule has 0 spiro atoms. The van der Waals surface area contributed by atoms with Gasteiger partial charge in [0, 0.05) is 5.39 Å². The standard InChI is InChI=1S/C11H11NO2/c1-6-3-7(2)10-8(4-6)5-9(13)11(14)12-10/h3-5,13H,1-2H3,(H,12,14). The quantitative estimate of drug-likeness (QED) is 0.664. The molecule has 3 heteroatoms. The van der Waals surface area contributed by atoms with Crippen LogP contribution in [0.2, 0.25) is 0 Å². The van der Waals surface area contributed by atoms with Gasteiger partial charge in [-0.3, -0.25) is 4.79 Å². The molecule has 0 bridgehead atoms. The monoisotopic (exact) mass is 189 g/mol. The van der Waals surface area contributed by atoms with Gasteiger partial charge < -0.3 is 10.1 Å². The number of hydrogen-bond acceptors (Lipinski definition) is 2. The number of aromatic nitrogens is 1. The maximum atomic E-state index is 11.2. The summed E-state index contributed by atoms with van der Waals surface area (Å²) in [7, 11) is 0. The minimum atomic E-state index is -0.440. The molecule has 2 aromatic rings. The fourth-order valence-electron chi connectivity index (χ4n) is 1.68. The van der Waals surface area contributed by atoms with E-state index in [4.69, 9.17) is 0 Å². The molecule has 72 valence electrons. The summed E-state index contributed by atoms with van der Waals surface area (Å²) < 4.78 is 0. The lowest BCUT2D eigenvalue weighted by molar-refractivity contribution is 0.468. The molecule has 1 heterocycles. The van der Waals surface area contributed by atoms with Gasteiger partial charge in [0.2, 0.25) is 0 Å². The zero-order chi connectivity index (χ0) is 10.3. The Balaban J connectivity index is 2.96. The first-order valence-corrected chi connectivity index (χ1v) is 4.41. The van der Waals surface area contributed by atoms with E-state index in [1.165, 1.54) is 6.07 Å². The van der Waals surface area contributed by atoms with Crippen LogP contribution in [0.15, 0.2) is 23.0 Å². The van der Waals surface area contributed by atoms with Gasteiger partial charge in [0.05, 0.1) is 5.52 Å². The number of fused-ring (bicyclic) bond motifs is 1. The molecule has 0 unspecified atom stereocenters. The lowest BCUT2D eigenvalue weighted by atomic mass is 10.1. The number of rotatable bonds is 0. The molecule has 2 N–H and O–H groups in total. The molecule has 0 saturated heterocycles. The van der Waals surface area contributed by atoms with Crippen molar-refractivity contribution in [2.45, 2.75) is 13.8 Å². The number of hydrogen-bond donors (Lipinski definition) is 2. The van der Waals surface area contributed by atoms with Crippen molar-refractivity contribution in [3.63, 3.8) is 0 Å². The SMILES string of the molecule is Cc1cc(C)c2[nH]c(=O)c(O)cc2c1. The van der Waals surface area contributed by atoms with Crippen LogP contribution in [-0.4, -0.2) is 10.1 Å². The number of nitrogens with one attached hydrogen (secondary N) is 1. The normalized spacial score (nSPS) is 10.7. The van der Waals surface area contributed by atoms with Crippen molar-refractivity contribution in [3.8, 4) is 5.75 Å². The first-order chi connectivity index (χ1) is 6.58. The molecule has 1 aromatic carbocycles. The number of H-pyrrole nitrogens is 1. The number of benzene rings is 1. The number of aromatic amines is 1. The van der Waals surface area contributed by atoms with Crippen LogP contribution in [0.1, 0.15) is 11.1 Å². The van der Waals surface area contributed by atoms with E-state index < -0.39 is 5.56 Å². The van der Waals surface area contributed by atoms with Gasteiger partial charge in [-0.15, -0.1) is 0 Å². The van der Waals surface area contributed by atoms with E-state index in [0.717, 1.165) is 22.0 Å². The zero-order valence-electron chi connectivity index (χ0n) is 8.09. The molecule has 0 amide bonds. The third kappa shape index (κ3) is 1.27. The Morgan fingerprint density at radius 2 is 1.93 bits per heavy atom. The van der Waals surface area contributed by atoms with Crippen LogP contribution in [0.25, 0.3) is 10.9 Å². The van der Waals surface area contributed by atoms with Crippen LogP contribution in [0, 0.1) is 13.8 Å². The van der Waals surface area contributed by atoms with Crippen molar-refractivity contribution in [1.29, 1.82) is 0 Å². The van der Waals surface area contributed by atoms with E-state index in [1.807, 2.05) is 26.0 Å². The summed E-state index contributed by atoms with van der Waals surface area (Å²) in [5.74, 6) is -0.234. The molecule has 1 aromatic heterocycles. The van der Waals surface area contributed by atoms with Gasteiger partial charge in [-0.2, -0.15) is 0 Å². The Kier molecular flexibility index (Phi) is 1.81. The Bertz CT molecular complexity index is 555. The first kappa shape index (κ1) is 8.81. The summed E-state index contributed by atoms with van der Waals surface area (Å²) in [4.78, 5) is 13.8. The van der Waals surface area contributed by atoms with Crippen LogP contribution >= 0.6 is 0 Å². The molecule has 0 aliphatic carbocycles. The second-order valence-corrected chi connectivity index (χ2v) is 3.53. The number of aromatic hydroxyl groups is 1. The predicted octanol–water partition coefficient (Wildman–Crippen LogP) is 1.85. The fourth-order valence-corrected chi connectivity index (χ4v) is 1.68. The molecule has 0 aliphatic heterocycles. The second-order valence-electron chi connectivity index (χ2n) is 3.53. The van der Waals surface area contributed by atoms with E-state index in [9.17, 15) is 9.90 Å². The molecular formula is C11H11NO2. The van der Waals surface area contributed by atoms with E-state index in [0.29, 0.717) is 0 Å². The third-order valence-corrected chi connectivity index (χ3v) is 2.27. The van der Waals surface area contributed by atoms with E-state index in [2.05, 4.69) is 4.98 Å². The summed E-state index contributed by atoms with van der Waals surface area (Å²) in [6, 6.07) is 5.42. The van der Waals surface area contributed by atoms with E-state index >= 15 is 0 Å². The summed E-state index contributed by atoms with van der Waals surface area (Å²) >= 11 is 0. The van der Waals surface area contributed by atoms with Crippen LogP contribution < -0.4 is 5.56 Å². The number of aryl methyl sites for hydroxylation is 2. The minimum absolute atomic E-state index is 0.234. The lowest BCUT2D eigenvalue weighted by Gasteiger charge is -2.03. The minimum Gasteiger partial charge on any atom is -0.503 e. The van der Waals surface area contributed by atoms with Gasteiger partial charge in [-0.1, -0.05) is 11.6 Å². The maximum Gasteiger partial charge on any atom is 0.290 e. The van der Waals surface area contributed by atoms with Crippen molar-refractivity contribution in [2.24, 2.45) is 0 Å². The molecule has 0 radical (unpaired) electrons. The molecule has 0 atom stereocenters. The highest BCUT2D eigenvalue weighted by Crippen LogP contribution is 2.19. The summed E-state index contributed by atoms with van der Waals surface area (Å²) in [5, 5.41) is 10.1. The van der Waals surface area contributed by atoms with E-state index in [-0.39, 0.29) is 5.75 Å². The van der Waals surface area contributed by atoms with Crippen LogP contribution in [0.5, 0.6) is 5.75 Å². The summed E-state index contributed by atoms with van der Waals surface area (Å²) in [6.07, 6.45) is 0. The average molecular weight is 189 g/mol. The molecular weight excluding hydrogens is 178 g/mol. The highest BCUT2D eigenvalue weighted by atomic mass is 16.3. The van der Waals surface area contributed by atoms with Gasteiger partial charge in [-0.05, 0) is 31.5 Å². The van der Waals surface area contributed by atoms with Crippen molar-refractivity contribution < 1.29 is 5.11 Å². The van der Waals surface area contributed by atoms with E-state index in [1.54, 1.807) is 0 Å². The Morgan fingerprint density at radius 3 is 2.64 bits per heavy atom. The Labute approximate surface area is 81.0 Å². The molecule has 3 nitrogen and oxygen atoms in total. The molecule has 0 fully saturated rings. The van der Waals surface area contributed by atoms with Crippen LogP contribution in [-0.2, 0) is 0 Å². The highest BCUT2D eigenvalue weighted by molar-refractivity contribution is 5.83. The Morgan fingerprint density at radius 1 is 1.21 bits per heavy atom.